The van der Waals surface area contributed by atoms with E-state index >= 15 is 0 Å². The van der Waals surface area contributed by atoms with Crippen LogP contribution in [0, 0.1) is 11.8 Å². The van der Waals surface area contributed by atoms with Crippen LogP contribution in [0.25, 0.3) is 0 Å². The third kappa shape index (κ3) is 5.42. The number of nitrogens with zero attached hydrogens (tertiary/aromatic N) is 1. The lowest BCUT2D eigenvalue weighted by molar-refractivity contribution is -0.169. The number of esters is 2. The van der Waals surface area contributed by atoms with Crippen molar-refractivity contribution in [1.29, 1.82) is 0 Å². The van der Waals surface area contributed by atoms with Crippen LogP contribution in [0.5, 0.6) is 0 Å². The monoisotopic (exact) mass is 369 g/mol. The Kier molecular flexibility index (Phi) is 8.74. The molecule has 0 unspecified atom stereocenters. The molecular formula is C21H23NO5. The standard InChI is InChI=1S/C21H23NO5/c1-5-15-21(19(24)26-6-2,20(25)27-7-3)22(4)16-11-14-18(23)17-12-9-8-10-13-17/h8-10,12-13,15H,1,6-7,16H2,2-4H3. The van der Waals surface area contributed by atoms with Gasteiger partial charge in [0.1, 0.15) is 0 Å². The van der Waals surface area contributed by atoms with Crippen LogP contribution in [-0.2, 0) is 19.1 Å². The van der Waals surface area contributed by atoms with Gasteiger partial charge >= 0.3 is 11.9 Å². The lowest BCUT2D eigenvalue weighted by Crippen LogP contribution is -2.59. The summed E-state index contributed by atoms with van der Waals surface area (Å²) in [5, 5.41) is 0. The largest absolute Gasteiger partial charge is 0.464 e. The van der Waals surface area contributed by atoms with E-state index in [0.29, 0.717) is 5.56 Å². The second-order valence-corrected chi connectivity index (χ2v) is 5.41. The van der Waals surface area contributed by atoms with Crippen molar-refractivity contribution in [2.24, 2.45) is 0 Å². The summed E-state index contributed by atoms with van der Waals surface area (Å²) in [7, 11) is 1.50. The lowest BCUT2D eigenvalue weighted by atomic mass is 9.97. The first-order chi connectivity index (χ1) is 12.9. The summed E-state index contributed by atoms with van der Waals surface area (Å²) in [6.45, 7) is 6.81. The van der Waals surface area contributed by atoms with E-state index in [4.69, 9.17) is 9.47 Å². The number of likely N-dealkylation sites (N-methyl/N-ethyl adjacent to an activating group) is 1. The Morgan fingerprint density at radius 1 is 1.11 bits per heavy atom. The predicted molar refractivity (Wildman–Crippen MR) is 101 cm³/mol. The van der Waals surface area contributed by atoms with Crippen LogP contribution in [0.2, 0.25) is 0 Å². The Labute approximate surface area is 159 Å². The van der Waals surface area contributed by atoms with Crippen molar-refractivity contribution in [3.05, 3.63) is 54.3 Å². The third-order valence-electron chi connectivity index (χ3n) is 3.64. The van der Waals surface area contributed by atoms with Gasteiger partial charge < -0.3 is 9.47 Å². The molecule has 0 aliphatic heterocycles. The molecule has 0 aliphatic carbocycles. The summed E-state index contributed by atoms with van der Waals surface area (Å²) in [6, 6.07) is 8.59. The molecule has 0 fully saturated rings. The number of hydrogen-bond donors (Lipinski definition) is 0. The fraction of sp³-hybridized carbons (Fsp3) is 0.333. The van der Waals surface area contributed by atoms with Crippen LogP contribution >= 0.6 is 0 Å². The van der Waals surface area contributed by atoms with Gasteiger partial charge in [0.2, 0.25) is 11.3 Å². The van der Waals surface area contributed by atoms with E-state index in [1.54, 1.807) is 44.2 Å². The molecule has 6 nitrogen and oxygen atoms in total. The second kappa shape index (κ2) is 10.8. The fourth-order valence-corrected chi connectivity index (χ4v) is 2.28. The molecule has 0 bridgehead atoms. The van der Waals surface area contributed by atoms with E-state index in [2.05, 4.69) is 24.2 Å². The maximum Gasteiger partial charge on any atom is 0.343 e. The minimum absolute atomic E-state index is 0.0611. The molecule has 0 spiro atoms. The Hall–Kier alpha value is -3.13. The van der Waals surface area contributed by atoms with Gasteiger partial charge in [-0.15, -0.1) is 5.73 Å². The summed E-state index contributed by atoms with van der Waals surface area (Å²) in [6.07, 6.45) is 1.18. The van der Waals surface area contributed by atoms with Gasteiger partial charge in [-0.3, -0.25) is 9.69 Å². The normalized spacial score (nSPS) is 10.2. The van der Waals surface area contributed by atoms with Crippen LogP contribution in [0.1, 0.15) is 24.2 Å². The number of ether oxygens (including phenoxy) is 2. The maximum atomic E-state index is 12.6. The SMILES string of the molecule is C=C=CC(C(=O)OCC)(C(=O)OCC)N(C)CC#CC(=O)c1ccccc1. The minimum atomic E-state index is -1.88. The van der Waals surface area contributed by atoms with Crippen molar-refractivity contribution in [3.63, 3.8) is 0 Å². The molecule has 0 saturated heterocycles. The van der Waals surface area contributed by atoms with Crippen molar-refractivity contribution >= 4 is 17.7 Å². The van der Waals surface area contributed by atoms with Crippen molar-refractivity contribution in [1.82, 2.24) is 4.90 Å². The van der Waals surface area contributed by atoms with Crippen LogP contribution in [0.4, 0.5) is 0 Å². The summed E-state index contributed by atoms with van der Waals surface area (Å²) >= 11 is 0. The highest BCUT2D eigenvalue weighted by molar-refractivity contribution is 6.09. The number of carbonyl (C=O) groups excluding carboxylic acids is 3. The highest BCUT2D eigenvalue weighted by Crippen LogP contribution is 2.20. The topological polar surface area (TPSA) is 72.9 Å². The third-order valence-corrected chi connectivity index (χ3v) is 3.64. The van der Waals surface area contributed by atoms with E-state index in [9.17, 15) is 14.4 Å². The van der Waals surface area contributed by atoms with Gasteiger partial charge in [-0.25, -0.2) is 9.59 Å². The number of carbonyl (C=O) groups is 3. The second-order valence-electron chi connectivity index (χ2n) is 5.41. The molecule has 6 heteroatoms. The average Bonchev–Trinajstić information content (AvgIpc) is 2.66. The number of benzene rings is 1. The minimum Gasteiger partial charge on any atom is -0.464 e. The van der Waals surface area contributed by atoms with Crippen molar-refractivity contribution < 1.29 is 23.9 Å². The van der Waals surface area contributed by atoms with Gasteiger partial charge in [0, 0.05) is 11.6 Å². The Balaban J connectivity index is 3.13. The van der Waals surface area contributed by atoms with Gasteiger partial charge in [0.05, 0.1) is 19.8 Å². The fourth-order valence-electron chi connectivity index (χ4n) is 2.28. The Bertz CT molecular complexity index is 764. The zero-order valence-corrected chi connectivity index (χ0v) is 15.8. The summed E-state index contributed by atoms with van der Waals surface area (Å²) in [5.74, 6) is 3.18. The Morgan fingerprint density at radius 3 is 2.15 bits per heavy atom. The van der Waals surface area contributed by atoms with Crippen molar-refractivity contribution in [3.8, 4) is 11.8 Å². The van der Waals surface area contributed by atoms with Gasteiger partial charge in [-0.2, -0.15) is 0 Å². The Morgan fingerprint density at radius 2 is 1.67 bits per heavy atom. The molecule has 0 saturated carbocycles. The molecule has 0 aliphatic rings. The molecule has 0 atom stereocenters. The highest BCUT2D eigenvalue weighted by atomic mass is 16.6. The molecule has 27 heavy (non-hydrogen) atoms. The average molecular weight is 369 g/mol. The van der Waals surface area contributed by atoms with E-state index in [0.717, 1.165) is 0 Å². The molecule has 1 aromatic rings. The quantitative estimate of drug-likeness (QED) is 0.174. The molecule has 0 amide bonds. The molecule has 0 radical (unpaired) electrons. The summed E-state index contributed by atoms with van der Waals surface area (Å²) in [5.41, 5.74) is 1.04. The van der Waals surface area contributed by atoms with Crippen LogP contribution in [-0.4, -0.2) is 55.0 Å². The predicted octanol–water partition coefficient (Wildman–Crippen LogP) is 2.01. The summed E-state index contributed by atoms with van der Waals surface area (Å²) < 4.78 is 10.1. The van der Waals surface area contributed by atoms with E-state index in [-0.39, 0.29) is 25.5 Å². The number of rotatable bonds is 8. The van der Waals surface area contributed by atoms with Crippen LogP contribution in [0.15, 0.2) is 48.7 Å². The first-order valence-electron chi connectivity index (χ1n) is 8.44. The summed E-state index contributed by atoms with van der Waals surface area (Å²) in [4.78, 5) is 38.5. The van der Waals surface area contributed by atoms with E-state index in [1.165, 1.54) is 18.0 Å². The lowest BCUT2D eigenvalue weighted by Gasteiger charge is -2.33. The van der Waals surface area contributed by atoms with Crippen molar-refractivity contribution in [2.75, 3.05) is 26.8 Å². The first kappa shape index (κ1) is 21.9. The van der Waals surface area contributed by atoms with E-state index < -0.39 is 17.5 Å². The van der Waals surface area contributed by atoms with Gasteiger partial charge in [0.15, 0.2) is 0 Å². The first-order valence-corrected chi connectivity index (χ1v) is 8.44. The molecule has 1 rings (SSSR count). The van der Waals surface area contributed by atoms with Gasteiger partial charge in [0.25, 0.3) is 0 Å². The highest BCUT2D eigenvalue weighted by Gasteiger charge is 2.50. The van der Waals surface area contributed by atoms with Crippen LogP contribution < -0.4 is 0 Å². The molecule has 0 heterocycles. The zero-order chi connectivity index (χ0) is 20.3. The molecular weight excluding hydrogens is 346 g/mol. The molecule has 1 aromatic carbocycles. The van der Waals surface area contributed by atoms with Crippen LogP contribution in [0.3, 0.4) is 0 Å². The number of ketones is 1. The molecule has 142 valence electrons. The smallest absolute Gasteiger partial charge is 0.343 e. The number of Topliss-reactive ketones (excluding diaryl/α,β-unsaturated/α-hetero) is 1. The van der Waals surface area contributed by atoms with Crippen molar-refractivity contribution in [2.45, 2.75) is 19.4 Å². The van der Waals surface area contributed by atoms with E-state index in [1.807, 2.05) is 0 Å². The maximum absolute atomic E-state index is 12.6. The van der Waals surface area contributed by atoms with Gasteiger partial charge in [-0.1, -0.05) is 42.8 Å². The molecule has 0 N–H and O–H groups in total. The molecule has 0 aromatic heterocycles. The van der Waals surface area contributed by atoms with Gasteiger partial charge in [-0.05, 0) is 26.8 Å². The number of hydrogen-bond acceptors (Lipinski definition) is 6. The zero-order valence-electron chi connectivity index (χ0n) is 15.8.